The van der Waals surface area contributed by atoms with Crippen molar-refractivity contribution in [3.63, 3.8) is 0 Å². The van der Waals surface area contributed by atoms with Gasteiger partial charge in [0.05, 0.1) is 6.10 Å². The second-order valence-electron chi connectivity index (χ2n) is 5.16. The van der Waals surface area contributed by atoms with E-state index in [-0.39, 0.29) is 12.6 Å². The molecule has 1 aliphatic rings. The minimum absolute atomic E-state index is 0.240. The number of hydrogen-bond donors (Lipinski definition) is 2. The van der Waals surface area contributed by atoms with Crippen LogP contribution in [0, 0.1) is 0 Å². The van der Waals surface area contributed by atoms with Crippen molar-refractivity contribution in [2.45, 2.75) is 51.2 Å². The minimum atomic E-state index is -3.93. The number of amides is 1. The predicted octanol–water partition coefficient (Wildman–Crippen LogP) is 0.569. The van der Waals surface area contributed by atoms with Gasteiger partial charge in [-0.25, -0.2) is 9.52 Å². The molecule has 0 radical (unpaired) electrons. The number of hydrogen-bond acceptors (Lipinski definition) is 5. The van der Waals surface area contributed by atoms with Crippen LogP contribution < -0.4 is 10.5 Å². The first kappa shape index (κ1) is 16.2. The number of carbonyl (C=O) groups is 1. The second-order valence-corrected chi connectivity index (χ2v) is 6.87. The summed E-state index contributed by atoms with van der Waals surface area (Å²) in [6.07, 6.45) is 1.95. The van der Waals surface area contributed by atoms with E-state index in [0.717, 1.165) is 12.8 Å². The highest BCUT2D eigenvalue weighted by atomic mass is 32.2. The molecule has 112 valence electrons. The average molecular weight is 293 g/mol. The van der Waals surface area contributed by atoms with Crippen LogP contribution in [0.4, 0.5) is 4.79 Å². The highest BCUT2D eigenvalue weighted by Gasteiger charge is 2.42. The third-order valence-corrected chi connectivity index (χ3v) is 5.03. The van der Waals surface area contributed by atoms with Gasteiger partial charge >= 0.3 is 16.3 Å². The lowest BCUT2D eigenvalue weighted by Crippen LogP contribution is -2.56. The Morgan fingerprint density at radius 1 is 1.42 bits per heavy atom. The van der Waals surface area contributed by atoms with E-state index in [9.17, 15) is 13.2 Å². The largest absolute Gasteiger partial charge is 0.446 e. The summed E-state index contributed by atoms with van der Waals surface area (Å²) in [6.45, 7) is 3.53. The maximum atomic E-state index is 12.1. The first-order valence-corrected chi connectivity index (χ1v) is 7.85. The standard InChI is InChI=1S/C11H23N3O4S/c1-9(2)18-10(15)13-19(16,17)14(3)11(8-12)6-4-5-7-11/h9H,4-8,12H2,1-3H3,(H,13,15). The Kier molecular flexibility index (Phi) is 5.17. The van der Waals surface area contributed by atoms with Crippen LogP contribution in [-0.4, -0.2) is 44.1 Å². The summed E-state index contributed by atoms with van der Waals surface area (Å²) in [7, 11) is -2.48. The van der Waals surface area contributed by atoms with Crippen molar-refractivity contribution in [1.29, 1.82) is 0 Å². The molecule has 7 nitrogen and oxygen atoms in total. The number of nitrogens with one attached hydrogen (secondary N) is 1. The van der Waals surface area contributed by atoms with Gasteiger partial charge in [-0.15, -0.1) is 0 Å². The van der Waals surface area contributed by atoms with Crippen molar-refractivity contribution >= 4 is 16.3 Å². The highest BCUT2D eigenvalue weighted by molar-refractivity contribution is 7.87. The first-order valence-electron chi connectivity index (χ1n) is 6.41. The molecule has 8 heteroatoms. The molecule has 3 N–H and O–H groups in total. The SMILES string of the molecule is CC(C)OC(=O)NS(=O)(=O)N(C)C1(CN)CCCC1. The molecular weight excluding hydrogens is 270 g/mol. The van der Waals surface area contributed by atoms with Crippen molar-refractivity contribution in [3.05, 3.63) is 0 Å². The molecule has 0 bridgehead atoms. The molecule has 0 aromatic heterocycles. The molecule has 1 fully saturated rings. The fourth-order valence-electron chi connectivity index (χ4n) is 2.35. The van der Waals surface area contributed by atoms with Crippen LogP contribution in [0.25, 0.3) is 0 Å². The lowest BCUT2D eigenvalue weighted by Gasteiger charge is -2.36. The van der Waals surface area contributed by atoms with Crippen molar-refractivity contribution in [2.75, 3.05) is 13.6 Å². The summed E-state index contributed by atoms with van der Waals surface area (Å²) < 4.78 is 32.1. The van der Waals surface area contributed by atoms with Gasteiger partial charge in [0.25, 0.3) is 0 Å². The molecule has 0 aromatic rings. The quantitative estimate of drug-likeness (QED) is 0.771. The summed E-state index contributed by atoms with van der Waals surface area (Å²) in [5.74, 6) is 0. The Morgan fingerprint density at radius 3 is 2.37 bits per heavy atom. The van der Waals surface area contributed by atoms with Gasteiger partial charge in [0.2, 0.25) is 0 Å². The Hall–Kier alpha value is -0.860. The fourth-order valence-corrected chi connectivity index (χ4v) is 3.51. The Bertz CT molecular complexity index is 416. The van der Waals surface area contributed by atoms with E-state index in [2.05, 4.69) is 0 Å². The summed E-state index contributed by atoms with van der Waals surface area (Å²) in [5, 5.41) is 0. The monoisotopic (exact) mass is 293 g/mol. The predicted molar refractivity (Wildman–Crippen MR) is 71.7 cm³/mol. The fraction of sp³-hybridized carbons (Fsp3) is 0.909. The van der Waals surface area contributed by atoms with Crippen LogP contribution in [0.15, 0.2) is 0 Å². The molecule has 0 spiro atoms. The van der Waals surface area contributed by atoms with E-state index in [4.69, 9.17) is 10.5 Å². The summed E-state index contributed by atoms with van der Waals surface area (Å²) in [4.78, 5) is 11.4. The van der Waals surface area contributed by atoms with Gasteiger partial charge in [-0.05, 0) is 26.7 Å². The zero-order valence-corrected chi connectivity index (χ0v) is 12.5. The van der Waals surface area contributed by atoms with E-state index in [1.165, 1.54) is 11.4 Å². The molecule has 1 rings (SSSR count). The number of carbonyl (C=O) groups excluding carboxylic acids is 1. The maximum Gasteiger partial charge on any atom is 0.422 e. The second kappa shape index (κ2) is 6.06. The molecule has 0 atom stereocenters. The van der Waals surface area contributed by atoms with Crippen LogP contribution >= 0.6 is 0 Å². The maximum absolute atomic E-state index is 12.1. The van der Waals surface area contributed by atoms with Crippen molar-refractivity contribution in [3.8, 4) is 0 Å². The van der Waals surface area contributed by atoms with Gasteiger partial charge in [-0.1, -0.05) is 12.8 Å². The molecule has 1 amide bonds. The lowest BCUT2D eigenvalue weighted by molar-refractivity contribution is 0.120. The number of nitrogens with zero attached hydrogens (tertiary/aromatic N) is 1. The summed E-state index contributed by atoms with van der Waals surface area (Å²) in [5.41, 5.74) is 5.13. The van der Waals surface area contributed by atoms with Crippen LogP contribution in [0.5, 0.6) is 0 Å². The third kappa shape index (κ3) is 3.80. The van der Waals surface area contributed by atoms with Crippen molar-refractivity contribution in [2.24, 2.45) is 5.73 Å². The van der Waals surface area contributed by atoms with E-state index in [1.807, 2.05) is 4.72 Å². The van der Waals surface area contributed by atoms with Crippen LogP contribution in [-0.2, 0) is 14.9 Å². The minimum Gasteiger partial charge on any atom is -0.446 e. The Labute approximate surface area is 114 Å². The molecule has 19 heavy (non-hydrogen) atoms. The number of rotatable bonds is 5. The zero-order valence-electron chi connectivity index (χ0n) is 11.7. The molecule has 0 aliphatic heterocycles. The number of likely N-dealkylation sites (N-methyl/N-ethyl adjacent to an activating group) is 1. The highest BCUT2D eigenvalue weighted by Crippen LogP contribution is 2.34. The van der Waals surface area contributed by atoms with Crippen LogP contribution in [0.3, 0.4) is 0 Å². The summed E-state index contributed by atoms with van der Waals surface area (Å²) >= 11 is 0. The molecule has 1 aliphatic carbocycles. The Morgan fingerprint density at radius 2 is 1.95 bits per heavy atom. The molecule has 0 unspecified atom stereocenters. The lowest BCUT2D eigenvalue weighted by atomic mass is 9.98. The van der Waals surface area contributed by atoms with Gasteiger partial charge in [-0.3, -0.25) is 0 Å². The van der Waals surface area contributed by atoms with Gasteiger partial charge in [0.1, 0.15) is 0 Å². The number of nitrogens with two attached hydrogens (primary N) is 1. The molecule has 0 heterocycles. The number of ether oxygens (including phenoxy) is 1. The summed E-state index contributed by atoms with van der Waals surface area (Å²) in [6, 6.07) is 0. The normalized spacial score (nSPS) is 18.8. The van der Waals surface area contributed by atoms with E-state index in [0.29, 0.717) is 12.8 Å². The van der Waals surface area contributed by atoms with E-state index < -0.39 is 21.8 Å². The Balaban J connectivity index is 2.79. The van der Waals surface area contributed by atoms with E-state index >= 15 is 0 Å². The topological polar surface area (TPSA) is 102 Å². The molecule has 1 saturated carbocycles. The zero-order chi connectivity index (χ0) is 14.7. The molecule has 0 saturated heterocycles. The van der Waals surface area contributed by atoms with Gasteiger partial charge in [0, 0.05) is 19.1 Å². The van der Waals surface area contributed by atoms with Gasteiger partial charge < -0.3 is 10.5 Å². The van der Waals surface area contributed by atoms with Gasteiger partial charge in [0.15, 0.2) is 0 Å². The van der Waals surface area contributed by atoms with Crippen molar-refractivity contribution in [1.82, 2.24) is 9.03 Å². The van der Waals surface area contributed by atoms with E-state index in [1.54, 1.807) is 13.8 Å². The van der Waals surface area contributed by atoms with Crippen LogP contribution in [0.1, 0.15) is 39.5 Å². The van der Waals surface area contributed by atoms with Crippen LogP contribution in [0.2, 0.25) is 0 Å². The van der Waals surface area contributed by atoms with Gasteiger partial charge in [-0.2, -0.15) is 12.7 Å². The van der Waals surface area contributed by atoms with Crippen molar-refractivity contribution < 1.29 is 17.9 Å². The third-order valence-electron chi connectivity index (χ3n) is 3.50. The smallest absolute Gasteiger partial charge is 0.422 e. The molecule has 0 aromatic carbocycles. The average Bonchev–Trinajstić information content (AvgIpc) is 2.75. The molecular formula is C11H23N3O4S. The first-order chi connectivity index (χ1) is 8.73.